The zero-order chi connectivity index (χ0) is 12.0. The van der Waals surface area contributed by atoms with Gasteiger partial charge in [0.1, 0.15) is 0 Å². The molecule has 0 aromatic heterocycles. The molecular weight excluding hydrogens is 200 g/mol. The summed E-state index contributed by atoms with van der Waals surface area (Å²) in [6.07, 6.45) is 4.70. The van der Waals surface area contributed by atoms with Crippen LogP contribution in [-0.2, 0) is 0 Å². The Morgan fingerprint density at radius 1 is 1.44 bits per heavy atom. The molecule has 0 aromatic rings. The first-order chi connectivity index (χ1) is 7.57. The summed E-state index contributed by atoms with van der Waals surface area (Å²) in [5.41, 5.74) is 6.02. The topological polar surface area (TPSA) is 49.5 Å². The Morgan fingerprint density at radius 3 is 2.81 bits per heavy atom. The van der Waals surface area contributed by atoms with Gasteiger partial charge >= 0.3 is 0 Å². The molecule has 0 bridgehead atoms. The first-order valence-electron chi connectivity index (χ1n) is 6.61. The van der Waals surface area contributed by atoms with Crippen LogP contribution in [0.25, 0.3) is 0 Å². The lowest BCUT2D eigenvalue weighted by molar-refractivity contribution is 0.244. The fourth-order valence-corrected chi connectivity index (χ4v) is 2.42. The number of nitrogens with two attached hydrogens (primary N) is 1. The van der Waals surface area contributed by atoms with Crippen molar-refractivity contribution < 1.29 is 5.11 Å². The Hall–Kier alpha value is -0.120. The number of likely N-dealkylation sites (tertiary alicyclic amines) is 1. The van der Waals surface area contributed by atoms with Crippen LogP contribution < -0.4 is 5.73 Å². The van der Waals surface area contributed by atoms with E-state index in [1.165, 1.54) is 38.9 Å². The summed E-state index contributed by atoms with van der Waals surface area (Å²) in [4.78, 5) is 2.53. The maximum Gasteiger partial charge on any atom is 0.0434 e. The molecule has 1 rings (SSSR count). The lowest BCUT2D eigenvalue weighted by Gasteiger charge is -2.24. The van der Waals surface area contributed by atoms with E-state index >= 15 is 0 Å². The van der Waals surface area contributed by atoms with Crippen molar-refractivity contribution in [3.05, 3.63) is 0 Å². The molecule has 1 fully saturated rings. The van der Waals surface area contributed by atoms with E-state index in [4.69, 9.17) is 10.8 Å². The zero-order valence-electron chi connectivity index (χ0n) is 10.9. The Balaban J connectivity index is 2.11. The molecule has 1 atom stereocenters. The highest BCUT2D eigenvalue weighted by Gasteiger charge is 2.22. The second-order valence-electron chi connectivity index (χ2n) is 5.94. The van der Waals surface area contributed by atoms with Crippen LogP contribution in [0.4, 0.5) is 0 Å². The number of aliphatic hydroxyl groups is 1. The van der Waals surface area contributed by atoms with Crippen molar-refractivity contribution in [2.75, 3.05) is 32.8 Å². The van der Waals surface area contributed by atoms with Crippen LogP contribution in [0.3, 0.4) is 0 Å². The third kappa shape index (κ3) is 4.81. The number of nitrogens with zero attached hydrogens (tertiary/aromatic N) is 1. The lowest BCUT2D eigenvalue weighted by Crippen LogP contribution is -2.27. The largest absolute Gasteiger partial charge is 0.396 e. The van der Waals surface area contributed by atoms with E-state index in [1.807, 2.05) is 0 Å². The minimum Gasteiger partial charge on any atom is -0.396 e. The quantitative estimate of drug-likeness (QED) is 0.693. The minimum absolute atomic E-state index is 0.296. The third-order valence-corrected chi connectivity index (χ3v) is 3.79. The summed E-state index contributed by atoms with van der Waals surface area (Å²) < 4.78 is 0. The van der Waals surface area contributed by atoms with Crippen molar-refractivity contribution in [2.45, 2.75) is 39.5 Å². The summed E-state index contributed by atoms with van der Waals surface area (Å²) in [5.74, 6) is 0.729. The average Bonchev–Trinajstić information content (AvgIpc) is 2.66. The zero-order valence-corrected chi connectivity index (χ0v) is 10.9. The molecule has 3 heteroatoms. The van der Waals surface area contributed by atoms with E-state index in [-0.39, 0.29) is 0 Å². The van der Waals surface area contributed by atoms with E-state index < -0.39 is 0 Å². The molecule has 16 heavy (non-hydrogen) atoms. The second-order valence-corrected chi connectivity index (χ2v) is 5.94. The van der Waals surface area contributed by atoms with Crippen molar-refractivity contribution in [3.8, 4) is 0 Å². The maximum absolute atomic E-state index is 8.90. The van der Waals surface area contributed by atoms with Crippen LogP contribution in [-0.4, -0.2) is 42.8 Å². The van der Waals surface area contributed by atoms with Gasteiger partial charge in [-0.1, -0.05) is 13.8 Å². The van der Waals surface area contributed by atoms with Crippen molar-refractivity contribution in [1.82, 2.24) is 4.90 Å². The van der Waals surface area contributed by atoms with Gasteiger partial charge in [-0.25, -0.2) is 0 Å². The Kier molecular flexibility index (Phi) is 5.73. The van der Waals surface area contributed by atoms with Gasteiger partial charge in [0.05, 0.1) is 0 Å². The summed E-state index contributed by atoms with van der Waals surface area (Å²) in [5, 5.41) is 8.90. The first kappa shape index (κ1) is 13.9. The van der Waals surface area contributed by atoms with Crippen LogP contribution in [0.1, 0.15) is 39.5 Å². The van der Waals surface area contributed by atoms with Crippen LogP contribution in [0, 0.1) is 11.3 Å². The average molecular weight is 228 g/mol. The molecule has 0 aromatic carbocycles. The van der Waals surface area contributed by atoms with Gasteiger partial charge in [0, 0.05) is 13.2 Å². The molecular formula is C13H28N2O. The van der Waals surface area contributed by atoms with Crippen molar-refractivity contribution in [1.29, 1.82) is 0 Å². The molecule has 1 aliphatic heterocycles. The van der Waals surface area contributed by atoms with Crippen molar-refractivity contribution >= 4 is 0 Å². The van der Waals surface area contributed by atoms with E-state index in [2.05, 4.69) is 18.7 Å². The van der Waals surface area contributed by atoms with Crippen molar-refractivity contribution in [2.24, 2.45) is 17.1 Å². The van der Waals surface area contributed by atoms with Crippen LogP contribution in [0.2, 0.25) is 0 Å². The van der Waals surface area contributed by atoms with E-state index in [1.54, 1.807) is 0 Å². The van der Waals surface area contributed by atoms with Crippen LogP contribution in [0.15, 0.2) is 0 Å². The SMILES string of the molecule is CC(C)(CN)CCCN1CCC(CCO)C1. The molecule has 3 N–H and O–H groups in total. The molecule has 96 valence electrons. The highest BCUT2D eigenvalue weighted by Crippen LogP contribution is 2.23. The minimum atomic E-state index is 0.296. The normalized spacial score (nSPS) is 22.9. The first-order valence-corrected chi connectivity index (χ1v) is 6.61. The van der Waals surface area contributed by atoms with Gasteiger partial charge in [-0.2, -0.15) is 0 Å². The highest BCUT2D eigenvalue weighted by atomic mass is 16.3. The lowest BCUT2D eigenvalue weighted by atomic mass is 9.88. The van der Waals surface area contributed by atoms with Gasteiger partial charge < -0.3 is 15.7 Å². The van der Waals surface area contributed by atoms with Crippen molar-refractivity contribution in [3.63, 3.8) is 0 Å². The fourth-order valence-electron chi connectivity index (χ4n) is 2.42. The predicted octanol–water partition coefficient (Wildman–Crippen LogP) is 1.46. The maximum atomic E-state index is 8.90. The van der Waals surface area contributed by atoms with Gasteiger partial charge in [0.25, 0.3) is 0 Å². The monoisotopic (exact) mass is 228 g/mol. The van der Waals surface area contributed by atoms with Gasteiger partial charge in [-0.3, -0.25) is 0 Å². The van der Waals surface area contributed by atoms with Gasteiger partial charge in [0.15, 0.2) is 0 Å². The van der Waals surface area contributed by atoms with E-state index in [0.29, 0.717) is 12.0 Å². The smallest absolute Gasteiger partial charge is 0.0434 e. The van der Waals surface area contributed by atoms with Crippen LogP contribution >= 0.6 is 0 Å². The number of hydrogen-bond donors (Lipinski definition) is 2. The molecule has 1 aliphatic rings. The molecule has 1 saturated heterocycles. The molecule has 0 radical (unpaired) electrons. The Morgan fingerprint density at radius 2 is 2.19 bits per heavy atom. The summed E-state index contributed by atoms with van der Waals surface area (Å²) >= 11 is 0. The molecule has 1 unspecified atom stereocenters. The highest BCUT2D eigenvalue weighted by molar-refractivity contribution is 4.76. The molecule has 3 nitrogen and oxygen atoms in total. The number of aliphatic hydroxyl groups excluding tert-OH is 1. The summed E-state index contributed by atoms with van der Waals surface area (Å²) in [7, 11) is 0. The Labute approximate surface area is 100 Å². The second kappa shape index (κ2) is 6.58. The van der Waals surface area contributed by atoms with E-state index in [9.17, 15) is 0 Å². The molecule has 0 aliphatic carbocycles. The van der Waals surface area contributed by atoms with Gasteiger partial charge in [0.2, 0.25) is 0 Å². The van der Waals surface area contributed by atoms with Gasteiger partial charge in [-0.05, 0) is 56.7 Å². The summed E-state index contributed by atoms with van der Waals surface area (Å²) in [6.45, 7) is 9.21. The summed E-state index contributed by atoms with van der Waals surface area (Å²) in [6, 6.07) is 0. The molecule has 0 spiro atoms. The fraction of sp³-hybridized carbons (Fsp3) is 1.00. The molecule has 0 amide bonds. The van der Waals surface area contributed by atoms with Gasteiger partial charge in [-0.15, -0.1) is 0 Å². The molecule has 0 saturated carbocycles. The number of hydrogen-bond acceptors (Lipinski definition) is 3. The number of rotatable bonds is 7. The third-order valence-electron chi connectivity index (χ3n) is 3.79. The van der Waals surface area contributed by atoms with Crippen LogP contribution in [0.5, 0.6) is 0 Å². The Bertz CT molecular complexity index is 194. The molecule has 1 heterocycles. The predicted molar refractivity (Wildman–Crippen MR) is 68.3 cm³/mol. The standard InChI is InChI=1S/C13H28N2O/c1-13(2,11-14)6-3-7-15-8-4-12(10-15)5-9-16/h12,16H,3-11,14H2,1-2H3. The van der Waals surface area contributed by atoms with E-state index in [0.717, 1.165) is 18.9 Å².